The highest BCUT2D eigenvalue weighted by molar-refractivity contribution is 5.91. The maximum absolute atomic E-state index is 13.0. The molecular formula is C15H16FN3O. The molecule has 0 aliphatic heterocycles. The van der Waals surface area contributed by atoms with Crippen LogP contribution in [0.25, 0.3) is 0 Å². The van der Waals surface area contributed by atoms with Crippen LogP contribution < -0.4 is 0 Å². The Kier molecular flexibility index (Phi) is 3.04. The quantitative estimate of drug-likeness (QED) is 0.928. The second-order valence-electron chi connectivity index (χ2n) is 5.36. The average Bonchev–Trinajstić information content (AvgIpc) is 3.10. The third-order valence-corrected chi connectivity index (χ3v) is 3.88. The lowest BCUT2D eigenvalue weighted by Gasteiger charge is -2.23. The van der Waals surface area contributed by atoms with Gasteiger partial charge in [0.05, 0.1) is 11.6 Å². The summed E-state index contributed by atoms with van der Waals surface area (Å²) in [5.41, 5.74) is 1.42. The number of aromatic nitrogens is 2. The normalized spacial score (nSPS) is 15.9. The van der Waals surface area contributed by atoms with E-state index in [-0.39, 0.29) is 11.7 Å². The van der Waals surface area contributed by atoms with E-state index < -0.39 is 5.41 Å². The summed E-state index contributed by atoms with van der Waals surface area (Å²) in [6.07, 6.45) is 5.14. The van der Waals surface area contributed by atoms with Crippen LogP contribution in [0, 0.1) is 5.82 Å². The number of nitrogens with zero attached hydrogens (tertiary/aromatic N) is 2. The number of carbonyl (C=O) groups is 1. The molecule has 0 bridgehead atoms. The third kappa shape index (κ3) is 2.19. The van der Waals surface area contributed by atoms with Gasteiger partial charge in [-0.2, -0.15) is 5.10 Å². The van der Waals surface area contributed by atoms with Crippen LogP contribution in [0.2, 0.25) is 0 Å². The molecule has 1 heterocycles. The molecule has 1 aliphatic carbocycles. The van der Waals surface area contributed by atoms with Gasteiger partial charge < -0.3 is 4.90 Å². The number of hydrogen-bond donors (Lipinski definition) is 1. The van der Waals surface area contributed by atoms with Gasteiger partial charge in [-0.15, -0.1) is 0 Å². The monoisotopic (exact) mass is 273 g/mol. The molecule has 0 radical (unpaired) electrons. The second kappa shape index (κ2) is 4.74. The van der Waals surface area contributed by atoms with E-state index in [4.69, 9.17) is 0 Å². The molecule has 1 aromatic heterocycles. The van der Waals surface area contributed by atoms with Crippen LogP contribution in [0.4, 0.5) is 4.39 Å². The number of likely N-dealkylation sites (N-methyl/N-ethyl adjacent to an activating group) is 1. The van der Waals surface area contributed by atoms with Crippen molar-refractivity contribution < 1.29 is 9.18 Å². The zero-order chi connectivity index (χ0) is 14.2. The molecule has 1 aromatic carbocycles. The van der Waals surface area contributed by atoms with Gasteiger partial charge in [-0.1, -0.05) is 12.1 Å². The lowest BCUT2D eigenvalue weighted by Crippen LogP contribution is -2.36. The van der Waals surface area contributed by atoms with Gasteiger partial charge in [0.2, 0.25) is 5.91 Å². The number of rotatable bonds is 4. The Hall–Kier alpha value is -2.17. The van der Waals surface area contributed by atoms with Gasteiger partial charge in [-0.3, -0.25) is 9.89 Å². The van der Waals surface area contributed by atoms with Gasteiger partial charge in [0.25, 0.3) is 0 Å². The molecule has 3 rings (SSSR count). The summed E-state index contributed by atoms with van der Waals surface area (Å²) < 4.78 is 13.0. The van der Waals surface area contributed by atoms with E-state index in [2.05, 4.69) is 10.2 Å². The van der Waals surface area contributed by atoms with Crippen molar-refractivity contribution in [3.63, 3.8) is 0 Å². The Morgan fingerprint density at radius 1 is 1.40 bits per heavy atom. The summed E-state index contributed by atoms with van der Waals surface area (Å²) in [5, 5.41) is 6.61. The Labute approximate surface area is 116 Å². The fourth-order valence-electron chi connectivity index (χ4n) is 2.60. The van der Waals surface area contributed by atoms with Crippen molar-refractivity contribution in [2.24, 2.45) is 0 Å². The number of nitrogens with one attached hydrogen (secondary N) is 1. The van der Waals surface area contributed by atoms with Crippen molar-refractivity contribution in [2.75, 3.05) is 7.05 Å². The topological polar surface area (TPSA) is 49.0 Å². The van der Waals surface area contributed by atoms with E-state index in [0.29, 0.717) is 6.54 Å². The number of carbonyl (C=O) groups excluding carboxylic acids is 1. The first-order valence-corrected chi connectivity index (χ1v) is 6.61. The van der Waals surface area contributed by atoms with Gasteiger partial charge in [0, 0.05) is 25.4 Å². The van der Waals surface area contributed by atoms with Crippen molar-refractivity contribution >= 4 is 5.91 Å². The van der Waals surface area contributed by atoms with E-state index >= 15 is 0 Å². The number of halogens is 1. The van der Waals surface area contributed by atoms with Crippen molar-refractivity contribution in [3.8, 4) is 0 Å². The van der Waals surface area contributed by atoms with Crippen molar-refractivity contribution in [1.29, 1.82) is 0 Å². The first-order chi connectivity index (χ1) is 9.62. The van der Waals surface area contributed by atoms with Crippen LogP contribution in [-0.2, 0) is 16.8 Å². The Bertz CT molecular complexity index is 603. The summed E-state index contributed by atoms with van der Waals surface area (Å²) in [6.45, 7) is 0.526. The zero-order valence-electron chi connectivity index (χ0n) is 11.3. The fraction of sp³-hybridized carbons (Fsp3) is 0.333. The van der Waals surface area contributed by atoms with E-state index in [1.165, 1.54) is 12.1 Å². The van der Waals surface area contributed by atoms with Crippen molar-refractivity contribution in [2.45, 2.75) is 24.8 Å². The Morgan fingerprint density at radius 3 is 2.65 bits per heavy atom. The van der Waals surface area contributed by atoms with Gasteiger partial charge in [0.15, 0.2) is 0 Å². The maximum Gasteiger partial charge on any atom is 0.233 e. The first-order valence-electron chi connectivity index (χ1n) is 6.61. The van der Waals surface area contributed by atoms with Crippen LogP contribution >= 0.6 is 0 Å². The molecule has 20 heavy (non-hydrogen) atoms. The molecule has 1 fully saturated rings. The molecule has 0 atom stereocenters. The second-order valence-corrected chi connectivity index (χ2v) is 5.36. The summed E-state index contributed by atoms with van der Waals surface area (Å²) in [5.74, 6) is -0.186. The third-order valence-electron chi connectivity index (χ3n) is 3.88. The Balaban J connectivity index is 1.77. The average molecular weight is 273 g/mol. The van der Waals surface area contributed by atoms with E-state index in [1.807, 2.05) is 0 Å². The smallest absolute Gasteiger partial charge is 0.233 e. The first kappa shape index (κ1) is 12.8. The molecule has 2 aromatic rings. The van der Waals surface area contributed by atoms with Crippen LogP contribution in [-0.4, -0.2) is 28.1 Å². The summed E-state index contributed by atoms with van der Waals surface area (Å²) in [4.78, 5) is 14.3. The van der Waals surface area contributed by atoms with Gasteiger partial charge in [-0.25, -0.2) is 4.39 Å². The van der Waals surface area contributed by atoms with E-state index in [1.54, 1.807) is 36.5 Å². The minimum atomic E-state index is -0.452. The number of hydrogen-bond acceptors (Lipinski definition) is 2. The van der Waals surface area contributed by atoms with E-state index in [0.717, 1.165) is 24.0 Å². The molecule has 0 spiro atoms. The molecule has 0 unspecified atom stereocenters. The Morgan fingerprint density at radius 2 is 2.10 bits per heavy atom. The minimum Gasteiger partial charge on any atom is -0.341 e. The fourth-order valence-corrected chi connectivity index (χ4v) is 2.60. The highest BCUT2D eigenvalue weighted by Crippen LogP contribution is 2.49. The lowest BCUT2D eigenvalue weighted by atomic mass is 9.94. The largest absolute Gasteiger partial charge is 0.341 e. The van der Waals surface area contributed by atoms with Gasteiger partial charge >= 0.3 is 0 Å². The van der Waals surface area contributed by atoms with Crippen LogP contribution in [0.15, 0.2) is 36.7 Å². The summed E-state index contributed by atoms with van der Waals surface area (Å²) in [6, 6.07) is 6.26. The molecule has 0 saturated heterocycles. The summed E-state index contributed by atoms with van der Waals surface area (Å²) >= 11 is 0. The molecule has 1 amide bonds. The minimum absolute atomic E-state index is 0.0882. The van der Waals surface area contributed by atoms with E-state index in [9.17, 15) is 9.18 Å². The van der Waals surface area contributed by atoms with Gasteiger partial charge in [-0.05, 0) is 30.5 Å². The number of aromatic amines is 1. The van der Waals surface area contributed by atoms with Crippen LogP contribution in [0.5, 0.6) is 0 Å². The standard InChI is InChI=1S/C15H16FN3O/c1-19(10-11-8-17-18-9-11)14(20)15(6-7-15)12-2-4-13(16)5-3-12/h2-5,8-9H,6-7,10H2,1H3,(H,17,18). The van der Waals surface area contributed by atoms with Gasteiger partial charge in [0.1, 0.15) is 5.82 Å². The van der Waals surface area contributed by atoms with Crippen molar-refractivity contribution in [1.82, 2.24) is 15.1 Å². The number of H-pyrrole nitrogens is 1. The highest BCUT2D eigenvalue weighted by atomic mass is 19.1. The predicted molar refractivity (Wildman–Crippen MR) is 72.4 cm³/mol. The number of amides is 1. The molecule has 5 heteroatoms. The zero-order valence-corrected chi connectivity index (χ0v) is 11.3. The highest BCUT2D eigenvalue weighted by Gasteiger charge is 2.52. The van der Waals surface area contributed by atoms with Crippen molar-refractivity contribution in [3.05, 3.63) is 53.6 Å². The number of benzene rings is 1. The molecular weight excluding hydrogens is 257 g/mol. The summed E-state index contributed by atoms with van der Waals surface area (Å²) in [7, 11) is 1.79. The maximum atomic E-state index is 13.0. The predicted octanol–water partition coefficient (Wildman–Crippen LogP) is 2.24. The lowest BCUT2D eigenvalue weighted by molar-refractivity contribution is -0.133. The molecule has 1 N–H and O–H groups in total. The van der Waals surface area contributed by atoms with Crippen LogP contribution in [0.3, 0.4) is 0 Å². The SMILES string of the molecule is CN(Cc1cn[nH]c1)C(=O)C1(c2ccc(F)cc2)CC1. The molecule has 4 nitrogen and oxygen atoms in total. The molecule has 104 valence electrons. The molecule has 1 aliphatic rings. The van der Waals surface area contributed by atoms with Crippen LogP contribution in [0.1, 0.15) is 24.0 Å². The molecule has 1 saturated carbocycles.